The predicted molar refractivity (Wildman–Crippen MR) is 77.0 cm³/mol. The summed E-state index contributed by atoms with van der Waals surface area (Å²) in [7, 11) is 0. The molecule has 0 fully saturated rings. The van der Waals surface area contributed by atoms with E-state index in [2.05, 4.69) is 6.07 Å². The molecule has 104 valence electrons. The fraction of sp³-hybridized carbons (Fsp3) is 0.312. The lowest BCUT2D eigenvalue weighted by Crippen LogP contribution is -2.36. The second-order valence-corrected chi connectivity index (χ2v) is 5.13. The lowest BCUT2D eigenvalue weighted by molar-refractivity contribution is -0.132. The maximum Gasteiger partial charge on any atom is 0.223 e. The first-order valence-corrected chi connectivity index (χ1v) is 6.90. The molecule has 4 heteroatoms. The Morgan fingerprint density at radius 2 is 2.20 bits per heavy atom. The van der Waals surface area contributed by atoms with Crippen LogP contribution in [0.15, 0.2) is 41.0 Å². The van der Waals surface area contributed by atoms with Gasteiger partial charge in [-0.15, -0.1) is 0 Å². The van der Waals surface area contributed by atoms with Crippen molar-refractivity contribution in [2.24, 2.45) is 0 Å². The van der Waals surface area contributed by atoms with Crippen LogP contribution in [0.25, 0.3) is 0 Å². The Labute approximate surface area is 118 Å². The number of furan rings is 1. The van der Waals surface area contributed by atoms with Crippen LogP contribution in [0.3, 0.4) is 0 Å². The standard InChI is InChI=1S/C16H18N2O2/c17-15-5-1-3-12-8-9-18(11-14(12)15)16(19)7-6-13-4-2-10-20-13/h1-5,10H,6-9,11,17H2. The number of nitrogen functional groups attached to an aromatic ring is 1. The zero-order valence-electron chi connectivity index (χ0n) is 11.3. The van der Waals surface area contributed by atoms with Gasteiger partial charge in [0, 0.05) is 31.6 Å². The van der Waals surface area contributed by atoms with E-state index in [1.807, 2.05) is 29.2 Å². The third-order valence-electron chi connectivity index (χ3n) is 3.83. The number of nitrogens with two attached hydrogens (primary N) is 1. The van der Waals surface area contributed by atoms with E-state index in [4.69, 9.17) is 10.2 Å². The summed E-state index contributed by atoms with van der Waals surface area (Å²) in [6.45, 7) is 1.40. The highest BCUT2D eigenvalue weighted by molar-refractivity contribution is 5.77. The molecular formula is C16H18N2O2. The highest BCUT2D eigenvalue weighted by atomic mass is 16.3. The van der Waals surface area contributed by atoms with Gasteiger partial charge in [-0.3, -0.25) is 4.79 Å². The number of rotatable bonds is 3. The van der Waals surface area contributed by atoms with Crippen LogP contribution in [0.4, 0.5) is 5.69 Å². The Bertz CT molecular complexity index is 605. The molecule has 0 aliphatic carbocycles. The van der Waals surface area contributed by atoms with Crippen LogP contribution < -0.4 is 5.73 Å². The highest BCUT2D eigenvalue weighted by Gasteiger charge is 2.21. The molecule has 2 N–H and O–H groups in total. The number of carbonyl (C=O) groups is 1. The number of amides is 1. The molecule has 2 heterocycles. The number of hydrogen-bond acceptors (Lipinski definition) is 3. The lowest BCUT2D eigenvalue weighted by atomic mass is 9.98. The molecule has 0 unspecified atom stereocenters. The fourth-order valence-electron chi connectivity index (χ4n) is 2.66. The number of hydrogen-bond donors (Lipinski definition) is 1. The first kappa shape index (κ1) is 12.8. The molecule has 1 aromatic heterocycles. The third kappa shape index (κ3) is 2.54. The van der Waals surface area contributed by atoms with Crippen molar-refractivity contribution >= 4 is 11.6 Å². The third-order valence-corrected chi connectivity index (χ3v) is 3.83. The SMILES string of the molecule is Nc1cccc2c1CN(C(=O)CCc1ccco1)CC2. The van der Waals surface area contributed by atoms with Gasteiger partial charge in [0.05, 0.1) is 6.26 Å². The molecule has 20 heavy (non-hydrogen) atoms. The van der Waals surface area contributed by atoms with Crippen LogP contribution in [0.2, 0.25) is 0 Å². The first-order valence-electron chi connectivity index (χ1n) is 6.90. The smallest absolute Gasteiger partial charge is 0.223 e. The summed E-state index contributed by atoms with van der Waals surface area (Å²) in [4.78, 5) is 14.1. The predicted octanol–water partition coefficient (Wildman–Crippen LogP) is 2.38. The van der Waals surface area contributed by atoms with Crippen molar-refractivity contribution in [2.75, 3.05) is 12.3 Å². The Balaban J connectivity index is 1.64. The van der Waals surface area contributed by atoms with Gasteiger partial charge < -0.3 is 15.1 Å². The first-order chi connectivity index (χ1) is 9.74. The maximum absolute atomic E-state index is 12.3. The summed E-state index contributed by atoms with van der Waals surface area (Å²) >= 11 is 0. The van der Waals surface area contributed by atoms with Crippen LogP contribution in [0.1, 0.15) is 23.3 Å². The van der Waals surface area contributed by atoms with E-state index in [-0.39, 0.29) is 5.91 Å². The monoisotopic (exact) mass is 270 g/mol. The zero-order chi connectivity index (χ0) is 13.9. The van der Waals surface area contributed by atoms with E-state index in [9.17, 15) is 4.79 Å². The number of benzene rings is 1. The number of fused-ring (bicyclic) bond motifs is 1. The van der Waals surface area contributed by atoms with E-state index in [0.717, 1.165) is 30.0 Å². The molecular weight excluding hydrogens is 252 g/mol. The molecule has 1 aliphatic heterocycles. The number of anilines is 1. The number of nitrogens with zero attached hydrogens (tertiary/aromatic N) is 1. The molecule has 3 rings (SSSR count). The van der Waals surface area contributed by atoms with Gasteiger partial charge in [-0.1, -0.05) is 12.1 Å². The summed E-state index contributed by atoms with van der Waals surface area (Å²) in [5.74, 6) is 1.02. The summed E-state index contributed by atoms with van der Waals surface area (Å²) in [5, 5.41) is 0. The van der Waals surface area contributed by atoms with Gasteiger partial charge in [0.2, 0.25) is 5.91 Å². The molecule has 1 amide bonds. The lowest BCUT2D eigenvalue weighted by Gasteiger charge is -2.29. The van der Waals surface area contributed by atoms with Crippen molar-refractivity contribution in [3.63, 3.8) is 0 Å². The molecule has 1 aliphatic rings. The van der Waals surface area contributed by atoms with Gasteiger partial charge in [-0.2, -0.15) is 0 Å². The molecule has 0 atom stereocenters. The fourth-order valence-corrected chi connectivity index (χ4v) is 2.66. The number of aryl methyl sites for hydroxylation is 1. The van der Waals surface area contributed by atoms with Crippen LogP contribution in [0, 0.1) is 0 Å². The second-order valence-electron chi connectivity index (χ2n) is 5.13. The second kappa shape index (κ2) is 5.41. The Kier molecular flexibility index (Phi) is 3.46. The summed E-state index contributed by atoms with van der Waals surface area (Å²) in [5.41, 5.74) is 9.15. The highest BCUT2D eigenvalue weighted by Crippen LogP contribution is 2.24. The van der Waals surface area contributed by atoms with Crippen molar-refractivity contribution in [1.82, 2.24) is 4.90 Å². The van der Waals surface area contributed by atoms with E-state index < -0.39 is 0 Å². The van der Waals surface area contributed by atoms with Crippen molar-refractivity contribution < 1.29 is 9.21 Å². The molecule has 4 nitrogen and oxygen atoms in total. The molecule has 0 saturated heterocycles. The summed E-state index contributed by atoms with van der Waals surface area (Å²) < 4.78 is 5.26. The van der Waals surface area contributed by atoms with Crippen molar-refractivity contribution in [3.8, 4) is 0 Å². The molecule has 0 spiro atoms. The van der Waals surface area contributed by atoms with Gasteiger partial charge in [0.25, 0.3) is 0 Å². The largest absolute Gasteiger partial charge is 0.469 e. The van der Waals surface area contributed by atoms with Crippen LogP contribution in [-0.2, 0) is 24.2 Å². The molecule has 2 aromatic rings. The quantitative estimate of drug-likeness (QED) is 0.871. The normalized spacial score (nSPS) is 14.1. The molecule has 1 aromatic carbocycles. The molecule has 0 bridgehead atoms. The van der Waals surface area contributed by atoms with Crippen LogP contribution in [0.5, 0.6) is 0 Å². The van der Waals surface area contributed by atoms with Gasteiger partial charge in [0.15, 0.2) is 0 Å². The Hall–Kier alpha value is -2.23. The van der Waals surface area contributed by atoms with Crippen molar-refractivity contribution in [2.45, 2.75) is 25.8 Å². The Morgan fingerprint density at radius 3 is 3.00 bits per heavy atom. The topological polar surface area (TPSA) is 59.5 Å². The summed E-state index contributed by atoms with van der Waals surface area (Å²) in [6, 6.07) is 9.71. The van der Waals surface area contributed by atoms with E-state index in [1.165, 1.54) is 5.56 Å². The van der Waals surface area contributed by atoms with Crippen molar-refractivity contribution in [3.05, 3.63) is 53.5 Å². The zero-order valence-corrected chi connectivity index (χ0v) is 11.3. The average molecular weight is 270 g/mol. The minimum Gasteiger partial charge on any atom is -0.469 e. The minimum absolute atomic E-state index is 0.162. The van der Waals surface area contributed by atoms with Crippen LogP contribution in [-0.4, -0.2) is 17.4 Å². The van der Waals surface area contributed by atoms with Crippen LogP contribution >= 0.6 is 0 Å². The van der Waals surface area contributed by atoms with Gasteiger partial charge in [-0.05, 0) is 35.7 Å². The molecule has 0 saturated carbocycles. The van der Waals surface area contributed by atoms with Gasteiger partial charge >= 0.3 is 0 Å². The Morgan fingerprint density at radius 1 is 1.30 bits per heavy atom. The average Bonchev–Trinajstić information content (AvgIpc) is 2.98. The minimum atomic E-state index is 0.162. The van der Waals surface area contributed by atoms with E-state index in [1.54, 1.807) is 6.26 Å². The molecule has 0 radical (unpaired) electrons. The van der Waals surface area contributed by atoms with Gasteiger partial charge in [-0.25, -0.2) is 0 Å². The number of carbonyl (C=O) groups excluding carboxylic acids is 1. The van der Waals surface area contributed by atoms with Gasteiger partial charge in [0.1, 0.15) is 5.76 Å². The van der Waals surface area contributed by atoms with E-state index in [0.29, 0.717) is 19.4 Å². The summed E-state index contributed by atoms with van der Waals surface area (Å²) in [6.07, 6.45) is 3.65. The maximum atomic E-state index is 12.3. The van der Waals surface area contributed by atoms with E-state index >= 15 is 0 Å². The van der Waals surface area contributed by atoms with Crippen molar-refractivity contribution in [1.29, 1.82) is 0 Å².